The van der Waals surface area contributed by atoms with E-state index in [1.165, 1.54) is 0 Å². The average molecular weight is 265 g/mol. The summed E-state index contributed by atoms with van der Waals surface area (Å²) in [5.74, 6) is 0.0211. The van der Waals surface area contributed by atoms with Crippen LogP contribution in [0.25, 0.3) is 11.1 Å². The van der Waals surface area contributed by atoms with Gasteiger partial charge in [-0.05, 0) is 18.9 Å². The van der Waals surface area contributed by atoms with Gasteiger partial charge in [-0.25, -0.2) is 4.68 Å². The van der Waals surface area contributed by atoms with E-state index in [1.807, 2.05) is 0 Å². The van der Waals surface area contributed by atoms with Gasteiger partial charge in [0.15, 0.2) is 0 Å². The van der Waals surface area contributed by atoms with E-state index >= 15 is 0 Å². The molecule has 2 aromatic rings. The maximum Gasteiger partial charge on any atom is 0.278 e. The van der Waals surface area contributed by atoms with Crippen LogP contribution in [0.2, 0.25) is 5.02 Å². The van der Waals surface area contributed by atoms with Gasteiger partial charge in [-0.15, -0.1) is 0 Å². The Labute approximate surface area is 109 Å². The van der Waals surface area contributed by atoms with Gasteiger partial charge in [-0.2, -0.15) is 0 Å². The maximum absolute atomic E-state index is 12.3. The minimum Gasteiger partial charge on any atom is -0.493 e. The third-order valence-electron chi connectivity index (χ3n) is 3.34. The summed E-state index contributed by atoms with van der Waals surface area (Å²) in [5.41, 5.74) is 0.735. The van der Waals surface area contributed by atoms with Crippen molar-refractivity contribution in [1.82, 2.24) is 9.36 Å². The molecule has 0 unspecified atom stereocenters. The van der Waals surface area contributed by atoms with Crippen molar-refractivity contribution in [2.75, 3.05) is 0 Å². The SMILES string of the molecule is O=c1c(-c2ccccc2Cl)c(O)n2n1CCCC2. The van der Waals surface area contributed by atoms with Crippen LogP contribution in [-0.2, 0) is 13.1 Å². The molecule has 4 nitrogen and oxygen atoms in total. The highest BCUT2D eigenvalue weighted by atomic mass is 35.5. The van der Waals surface area contributed by atoms with E-state index in [4.69, 9.17) is 11.6 Å². The Kier molecular flexibility index (Phi) is 2.67. The first-order valence-electron chi connectivity index (χ1n) is 5.97. The Morgan fingerprint density at radius 1 is 1.11 bits per heavy atom. The fraction of sp³-hybridized carbons (Fsp3) is 0.308. The van der Waals surface area contributed by atoms with Crippen molar-refractivity contribution in [3.8, 4) is 17.0 Å². The molecule has 1 aliphatic heterocycles. The molecule has 0 radical (unpaired) electrons. The highest BCUT2D eigenvalue weighted by Gasteiger charge is 2.23. The summed E-state index contributed by atoms with van der Waals surface area (Å²) < 4.78 is 3.24. The molecule has 3 rings (SSSR count). The summed E-state index contributed by atoms with van der Waals surface area (Å²) in [6, 6.07) is 7.08. The predicted octanol–water partition coefficient (Wildman–Crippen LogP) is 2.47. The van der Waals surface area contributed by atoms with Gasteiger partial charge in [0.05, 0.1) is 0 Å². The number of fused-ring (bicyclic) bond motifs is 1. The van der Waals surface area contributed by atoms with Crippen molar-refractivity contribution >= 4 is 11.6 Å². The van der Waals surface area contributed by atoms with E-state index in [1.54, 1.807) is 33.6 Å². The van der Waals surface area contributed by atoms with Crippen molar-refractivity contribution in [2.24, 2.45) is 0 Å². The smallest absolute Gasteiger partial charge is 0.278 e. The van der Waals surface area contributed by atoms with Crippen LogP contribution in [0.5, 0.6) is 5.88 Å². The lowest BCUT2D eigenvalue weighted by Crippen LogP contribution is -2.27. The first kappa shape index (κ1) is 11.4. The number of nitrogens with zero attached hydrogens (tertiary/aromatic N) is 2. The zero-order chi connectivity index (χ0) is 12.7. The Hall–Kier alpha value is -1.68. The van der Waals surface area contributed by atoms with Crippen LogP contribution in [0, 0.1) is 0 Å². The molecule has 5 heteroatoms. The van der Waals surface area contributed by atoms with Crippen molar-refractivity contribution in [1.29, 1.82) is 0 Å². The third-order valence-corrected chi connectivity index (χ3v) is 3.67. The lowest BCUT2D eigenvalue weighted by Gasteiger charge is -2.16. The summed E-state index contributed by atoms with van der Waals surface area (Å²) in [6.07, 6.45) is 1.94. The molecular weight excluding hydrogens is 252 g/mol. The van der Waals surface area contributed by atoms with Gasteiger partial charge in [-0.1, -0.05) is 29.8 Å². The lowest BCUT2D eigenvalue weighted by molar-refractivity contribution is 0.305. The molecule has 0 bridgehead atoms. The zero-order valence-electron chi connectivity index (χ0n) is 9.77. The largest absolute Gasteiger partial charge is 0.493 e. The minimum absolute atomic E-state index is 0.0211. The minimum atomic E-state index is -0.166. The average Bonchev–Trinajstić information content (AvgIpc) is 2.64. The van der Waals surface area contributed by atoms with Crippen molar-refractivity contribution < 1.29 is 5.11 Å². The number of aromatic hydroxyl groups is 1. The molecule has 0 aliphatic carbocycles. The fourth-order valence-electron chi connectivity index (χ4n) is 2.45. The van der Waals surface area contributed by atoms with Gasteiger partial charge in [0, 0.05) is 23.7 Å². The number of hydrogen-bond acceptors (Lipinski definition) is 2. The van der Waals surface area contributed by atoms with Gasteiger partial charge >= 0.3 is 0 Å². The second-order valence-electron chi connectivity index (χ2n) is 4.44. The molecule has 1 aliphatic rings. The number of benzene rings is 1. The van der Waals surface area contributed by atoms with Gasteiger partial charge in [0.2, 0.25) is 5.88 Å². The Morgan fingerprint density at radius 2 is 1.78 bits per heavy atom. The molecule has 94 valence electrons. The van der Waals surface area contributed by atoms with E-state index in [9.17, 15) is 9.90 Å². The highest BCUT2D eigenvalue weighted by molar-refractivity contribution is 6.33. The number of aromatic nitrogens is 2. The van der Waals surface area contributed by atoms with Crippen molar-refractivity contribution in [2.45, 2.75) is 25.9 Å². The Balaban J connectivity index is 2.28. The molecule has 2 heterocycles. The second-order valence-corrected chi connectivity index (χ2v) is 4.84. The monoisotopic (exact) mass is 264 g/mol. The van der Waals surface area contributed by atoms with Crippen LogP contribution in [0.15, 0.2) is 29.1 Å². The zero-order valence-corrected chi connectivity index (χ0v) is 10.5. The third kappa shape index (κ3) is 1.56. The first-order valence-corrected chi connectivity index (χ1v) is 6.35. The van der Waals surface area contributed by atoms with Crippen LogP contribution < -0.4 is 5.56 Å². The number of halogens is 1. The standard InChI is InChI=1S/C13H13ClN2O2/c14-10-6-2-1-5-9(10)11-12(17)15-7-3-4-8-16(15)13(11)18/h1-2,5-6,17H,3-4,7-8H2. The summed E-state index contributed by atoms with van der Waals surface area (Å²) in [6.45, 7) is 1.32. The van der Waals surface area contributed by atoms with E-state index in [0.717, 1.165) is 12.8 Å². The number of hydrogen-bond donors (Lipinski definition) is 1. The van der Waals surface area contributed by atoms with Crippen molar-refractivity contribution in [3.63, 3.8) is 0 Å². The lowest BCUT2D eigenvalue weighted by atomic mass is 10.1. The van der Waals surface area contributed by atoms with Gasteiger partial charge in [-0.3, -0.25) is 9.48 Å². The quantitative estimate of drug-likeness (QED) is 0.860. The van der Waals surface area contributed by atoms with Crippen LogP contribution >= 0.6 is 11.6 Å². The summed E-state index contributed by atoms with van der Waals surface area (Å²) in [5, 5.41) is 10.7. The normalized spacial score (nSPS) is 14.5. The number of rotatable bonds is 1. The summed E-state index contributed by atoms with van der Waals surface area (Å²) in [7, 11) is 0. The van der Waals surface area contributed by atoms with Crippen LogP contribution in [-0.4, -0.2) is 14.5 Å². The van der Waals surface area contributed by atoms with Gasteiger partial charge < -0.3 is 5.11 Å². The van der Waals surface area contributed by atoms with Gasteiger partial charge in [0.1, 0.15) is 5.56 Å². The van der Waals surface area contributed by atoms with Crippen LogP contribution in [0.1, 0.15) is 12.8 Å². The molecule has 1 aromatic heterocycles. The van der Waals surface area contributed by atoms with E-state index in [0.29, 0.717) is 29.2 Å². The van der Waals surface area contributed by atoms with Crippen molar-refractivity contribution in [3.05, 3.63) is 39.6 Å². The molecule has 0 amide bonds. The molecule has 1 N–H and O–H groups in total. The van der Waals surface area contributed by atoms with Crippen LogP contribution in [0.4, 0.5) is 0 Å². The highest BCUT2D eigenvalue weighted by Crippen LogP contribution is 2.32. The molecule has 1 aromatic carbocycles. The second kappa shape index (κ2) is 4.21. The molecule has 0 saturated carbocycles. The molecule has 0 atom stereocenters. The molecule has 0 saturated heterocycles. The predicted molar refractivity (Wildman–Crippen MR) is 70.0 cm³/mol. The molecular formula is C13H13ClN2O2. The van der Waals surface area contributed by atoms with E-state index in [-0.39, 0.29) is 11.4 Å². The van der Waals surface area contributed by atoms with E-state index < -0.39 is 0 Å². The Morgan fingerprint density at radius 3 is 2.44 bits per heavy atom. The molecule has 0 fully saturated rings. The summed E-state index contributed by atoms with van der Waals surface area (Å²) in [4.78, 5) is 12.3. The topological polar surface area (TPSA) is 47.2 Å². The maximum atomic E-state index is 12.3. The fourth-order valence-corrected chi connectivity index (χ4v) is 2.68. The Bertz CT molecular complexity index is 657. The molecule has 0 spiro atoms. The summed E-state index contributed by atoms with van der Waals surface area (Å²) >= 11 is 6.10. The van der Waals surface area contributed by atoms with Crippen LogP contribution in [0.3, 0.4) is 0 Å². The first-order chi connectivity index (χ1) is 8.70. The van der Waals surface area contributed by atoms with Gasteiger partial charge in [0.25, 0.3) is 5.56 Å². The van der Waals surface area contributed by atoms with E-state index in [2.05, 4.69) is 0 Å². The molecule has 18 heavy (non-hydrogen) atoms.